The number of benzene rings is 1. The molecule has 0 heterocycles. The Kier molecular flexibility index (Phi) is 7.51. The lowest BCUT2D eigenvalue weighted by molar-refractivity contribution is -0.149. The summed E-state index contributed by atoms with van der Waals surface area (Å²) in [5.74, 6) is -0.859. The monoisotopic (exact) mass is 325 g/mol. The summed E-state index contributed by atoms with van der Waals surface area (Å²) < 4.78 is 18.1. The van der Waals surface area contributed by atoms with Crippen LogP contribution in [0.3, 0.4) is 0 Å². The third-order valence-electron chi connectivity index (χ3n) is 4.06. The van der Waals surface area contributed by atoms with Gasteiger partial charge in [-0.2, -0.15) is 0 Å². The number of aliphatic carboxylic acids is 1. The van der Waals surface area contributed by atoms with Crippen molar-refractivity contribution in [2.45, 2.75) is 39.5 Å². The number of carbonyl (C=O) groups is 2. The molecule has 0 aliphatic heterocycles. The number of hydrogen-bond donors (Lipinski definition) is 2. The Labute approximate surface area is 135 Å². The van der Waals surface area contributed by atoms with E-state index in [4.69, 9.17) is 4.74 Å². The van der Waals surface area contributed by atoms with Crippen molar-refractivity contribution in [2.75, 3.05) is 13.2 Å². The highest BCUT2D eigenvalue weighted by Gasteiger charge is 2.34. The van der Waals surface area contributed by atoms with E-state index in [-0.39, 0.29) is 24.7 Å². The Bertz CT molecular complexity index is 512. The first-order valence-electron chi connectivity index (χ1n) is 7.82. The zero-order chi connectivity index (χ0) is 17.3. The summed E-state index contributed by atoms with van der Waals surface area (Å²) >= 11 is 0. The summed E-state index contributed by atoms with van der Waals surface area (Å²) in [6, 6.07) is 5.67. The van der Waals surface area contributed by atoms with E-state index >= 15 is 0 Å². The molecule has 0 spiro atoms. The van der Waals surface area contributed by atoms with Crippen LogP contribution < -0.4 is 10.1 Å². The molecule has 128 valence electrons. The fourth-order valence-corrected chi connectivity index (χ4v) is 2.19. The number of nitrogens with one attached hydrogen (secondary N) is 1. The van der Waals surface area contributed by atoms with Crippen molar-refractivity contribution >= 4 is 11.9 Å². The first-order valence-corrected chi connectivity index (χ1v) is 7.82. The van der Waals surface area contributed by atoms with Crippen molar-refractivity contribution < 1.29 is 23.8 Å². The maximum absolute atomic E-state index is 12.7. The molecule has 23 heavy (non-hydrogen) atoms. The fraction of sp³-hybridized carbons (Fsp3) is 0.529. The second kappa shape index (κ2) is 9.12. The largest absolute Gasteiger partial charge is 0.494 e. The fourth-order valence-electron chi connectivity index (χ4n) is 2.19. The van der Waals surface area contributed by atoms with Crippen LogP contribution in [0.2, 0.25) is 0 Å². The van der Waals surface area contributed by atoms with Crippen LogP contribution in [-0.2, 0) is 9.59 Å². The molecule has 0 unspecified atom stereocenters. The second-order valence-corrected chi connectivity index (χ2v) is 5.48. The zero-order valence-corrected chi connectivity index (χ0v) is 13.6. The first kappa shape index (κ1) is 18.9. The average molecular weight is 325 g/mol. The van der Waals surface area contributed by atoms with Crippen molar-refractivity contribution in [3.05, 3.63) is 30.1 Å². The van der Waals surface area contributed by atoms with Gasteiger partial charge in [0.05, 0.1) is 12.0 Å². The highest BCUT2D eigenvalue weighted by atomic mass is 19.1. The van der Waals surface area contributed by atoms with Gasteiger partial charge in [0.15, 0.2) is 0 Å². The molecular weight excluding hydrogens is 301 g/mol. The number of amides is 1. The molecule has 0 bridgehead atoms. The quantitative estimate of drug-likeness (QED) is 0.649. The van der Waals surface area contributed by atoms with Gasteiger partial charge in [-0.05, 0) is 43.5 Å². The summed E-state index contributed by atoms with van der Waals surface area (Å²) in [4.78, 5) is 23.1. The second-order valence-electron chi connectivity index (χ2n) is 5.48. The van der Waals surface area contributed by atoms with Crippen LogP contribution >= 0.6 is 0 Å². The van der Waals surface area contributed by atoms with Crippen molar-refractivity contribution in [3.63, 3.8) is 0 Å². The van der Waals surface area contributed by atoms with Crippen molar-refractivity contribution in [2.24, 2.45) is 5.41 Å². The molecule has 5 nitrogen and oxygen atoms in total. The van der Waals surface area contributed by atoms with Crippen LogP contribution in [0.25, 0.3) is 0 Å². The van der Waals surface area contributed by atoms with Gasteiger partial charge < -0.3 is 15.2 Å². The summed E-state index contributed by atoms with van der Waals surface area (Å²) in [6.07, 6.45) is 1.69. The first-order chi connectivity index (χ1) is 10.9. The molecule has 0 aliphatic carbocycles. The number of rotatable bonds is 10. The molecule has 1 rings (SSSR count). The lowest BCUT2D eigenvalue weighted by atomic mass is 9.82. The van der Waals surface area contributed by atoms with E-state index in [2.05, 4.69) is 5.32 Å². The van der Waals surface area contributed by atoms with E-state index in [9.17, 15) is 19.1 Å². The molecule has 0 saturated heterocycles. The Morgan fingerprint density at radius 3 is 2.35 bits per heavy atom. The molecule has 0 atom stereocenters. The van der Waals surface area contributed by atoms with Gasteiger partial charge in [-0.25, -0.2) is 4.39 Å². The lowest BCUT2D eigenvalue weighted by Crippen LogP contribution is -2.42. The minimum Gasteiger partial charge on any atom is -0.494 e. The Morgan fingerprint density at radius 2 is 1.83 bits per heavy atom. The predicted molar refractivity (Wildman–Crippen MR) is 84.8 cm³/mol. The SMILES string of the molecule is CCC(CC)(CNC(=O)CCCOc1ccc(F)cc1)C(=O)O. The molecular formula is C17H24FNO4. The third-order valence-corrected chi connectivity index (χ3v) is 4.06. The standard InChI is InChI=1S/C17H24FNO4/c1-3-17(4-2,16(21)22)12-19-15(20)6-5-11-23-14-9-7-13(18)8-10-14/h7-10H,3-6,11-12H2,1-2H3,(H,19,20)(H,21,22). The Balaban J connectivity index is 2.29. The molecule has 0 radical (unpaired) electrons. The smallest absolute Gasteiger partial charge is 0.311 e. The Morgan fingerprint density at radius 1 is 1.22 bits per heavy atom. The van der Waals surface area contributed by atoms with E-state index in [0.717, 1.165) is 0 Å². The molecule has 0 fully saturated rings. The van der Waals surface area contributed by atoms with Crippen LogP contribution in [-0.4, -0.2) is 30.1 Å². The number of halogens is 1. The van der Waals surface area contributed by atoms with Crippen molar-refractivity contribution in [3.8, 4) is 5.75 Å². The van der Waals surface area contributed by atoms with Crippen molar-refractivity contribution in [1.82, 2.24) is 5.32 Å². The molecule has 1 amide bonds. The average Bonchev–Trinajstić information content (AvgIpc) is 2.54. The number of carboxylic acids is 1. The molecule has 1 aromatic rings. The lowest BCUT2D eigenvalue weighted by Gasteiger charge is -2.26. The van der Waals surface area contributed by atoms with Gasteiger partial charge in [0.1, 0.15) is 11.6 Å². The zero-order valence-electron chi connectivity index (χ0n) is 13.6. The number of ether oxygens (including phenoxy) is 1. The van der Waals surface area contributed by atoms with Gasteiger partial charge in [-0.1, -0.05) is 13.8 Å². The molecule has 0 saturated carbocycles. The maximum atomic E-state index is 12.7. The molecule has 0 aromatic heterocycles. The minimum absolute atomic E-state index is 0.132. The predicted octanol–water partition coefficient (Wildman–Crippen LogP) is 2.99. The highest BCUT2D eigenvalue weighted by Crippen LogP contribution is 2.25. The van der Waals surface area contributed by atoms with E-state index in [1.54, 1.807) is 13.8 Å². The van der Waals surface area contributed by atoms with E-state index < -0.39 is 11.4 Å². The normalized spacial score (nSPS) is 11.1. The van der Waals surface area contributed by atoms with Gasteiger partial charge in [0.25, 0.3) is 0 Å². The molecule has 1 aromatic carbocycles. The van der Waals surface area contributed by atoms with Crippen LogP contribution in [0.1, 0.15) is 39.5 Å². The van der Waals surface area contributed by atoms with E-state index in [1.807, 2.05) is 0 Å². The third kappa shape index (κ3) is 5.88. The topological polar surface area (TPSA) is 75.6 Å². The van der Waals surface area contributed by atoms with Crippen LogP contribution in [0.15, 0.2) is 24.3 Å². The minimum atomic E-state index is -0.903. The number of carboxylic acid groups (broad SMARTS) is 1. The molecule has 2 N–H and O–H groups in total. The summed E-state index contributed by atoms with van der Waals surface area (Å²) in [5, 5.41) is 12.0. The van der Waals surface area contributed by atoms with Crippen molar-refractivity contribution in [1.29, 1.82) is 0 Å². The van der Waals surface area contributed by atoms with E-state index in [0.29, 0.717) is 31.6 Å². The maximum Gasteiger partial charge on any atom is 0.311 e. The van der Waals surface area contributed by atoms with Gasteiger partial charge in [-0.3, -0.25) is 9.59 Å². The summed E-state index contributed by atoms with van der Waals surface area (Å²) in [5.41, 5.74) is -0.903. The van der Waals surface area contributed by atoms with Gasteiger partial charge in [0.2, 0.25) is 5.91 Å². The number of carbonyl (C=O) groups excluding carboxylic acids is 1. The number of hydrogen-bond acceptors (Lipinski definition) is 3. The van der Waals surface area contributed by atoms with Gasteiger partial charge >= 0.3 is 5.97 Å². The Hall–Kier alpha value is -2.11. The van der Waals surface area contributed by atoms with Crippen LogP contribution in [0, 0.1) is 11.2 Å². The molecule has 6 heteroatoms. The van der Waals surface area contributed by atoms with Gasteiger partial charge in [-0.15, -0.1) is 0 Å². The summed E-state index contributed by atoms with van der Waals surface area (Å²) in [7, 11) is 0. The summed E-state index contributed by atoms with van der Waals surface area (Å²) in [6.45, 7) is 4.08. The highest BCUT2D eigenvalue weighted by molar-refractivity contribution is 5.79. The van der Waals surface area contributed by atoms with Gasteiger partial charge in [0, 0.05) is 13.0 Å². The molecule has 0 aliphatic rings. The van der Waals surface area contributed by atoms with Crippen LogP contribution in [0.5, 0.6) is 5.75 Å². The van der Waals surface area contributed by atoms with E-state index in [1.165, 1.54) is 24.3 Å². The van der Waals surface area contributed by atoms with Crippen LogP contribution in [0.4, 0.5) is 4.39 Å².